The number of nitrogens with one attached hydrogen (secondary N) is 1. The topological polar surface area (TPSA) is 37.8 Å². The fourth-order valence-electron chi connectivity index (χ4n) is 3.23. The minimum Gasteiger partial charge on any atom is -0.339 e. The Morgan fingerprint density at radius 1 is 1.30 bits per heavy atom. The van der Waals surface area contributed by atoms with Crippen molar-refractivity contribution in [2.24, 2.45) is 5.92 Å². The molecule has 0 unspecified atom stereocenters. The lowest BCUT2D eigenvalue weighted by Gasteiger charge is -2.18. The zero-order chi connectivity index (χ0) is 16.0. The fourth-order valence-corrected chi connectivity index (χ4v) is 4.58. The molecule has 1 atom stereocenters. The molecule has 2 aromatic heterocycles. The molecular formula is C18H18FN3S. The second-order valence-corrected chi connectivity index (χ2v) is 7.42. The van der Waals surface area contributed by atoms with Crippen molar-refractivity contribution < 1.29 is 4.39 Å². The maximum absolute atomic E-state index is 13.5. The number of benzene rings is 1. The Balaban J connectivity index is 1.83. The summed E-state index contributed by atoms with van der Waals surface area (Å²) in [6.07, 6.45) is 4.98. The molecule has 0 fully saturated rings. The molecular weight excluding hydrogens is 309 g/mol. The summed E-state index contributed by atoms with van der Waals surface area (Å²) < 4.78 is 13.5. The molecule has 0 radical (unpaired) electrons. The van der Waals surface area contributed by atoms with E-state index in [0.29, 0.717) is 0 Å². The molecule has 118 valence electrons. The number of halogens is 1. The van der Waals surface area contributed by atoms with Gasteiger partial charge in [-0.2, -0.15) is 0 Å². The highest BCUT2D eigenvalue weighted by Gasteiger charge is 2.23. The van der Waals surface area contributed by atoms with E-state index < -0.39 is 0 Å². The van der Waals surface area contributed by atoms with Crippen LogP contribution >= 0.6 is 11.3 Å². The minimum atomic E-state index is -0.246. The maximum atomic E-state index is 13.5. The largest absolute Gasteiger partial charge is 0.339 e. The molecule has 4 rings (SSSR count). The SMILES string of the molecule is Cc1ccc(F)cc1Nc1ncnc2sc3c(c12)CC[C@@H](C)C3. The van der Waals surface area contributed by atoms with E-state index in [-0.39, 0.29) is 5.82 Å². The zero-order valence-electron chi connectivity index (χ0n) is 13.2. The third kappa shape index (κ3) is 2.59. The van der Waals surface area contributed by atoms with Crippen LogP contribution in [0.1, 0.15) is 29.3 Å². The van der Waals surface area contributed by atoms with Crippen LogP contribution in [-0.2, 0) is 12.8 Å². The van der Waals surface area contributed by atoms with Crippen LogP contribution in [0.5, 0.6) is 0 Å². The van der Waals surface area contributed by atoms with Crippen molar-refractivity contribution in [2.45, 2.75) is 33.1 Å². The molecule has 0 spiro atoms. The van der Waals surface area contributed by atoms with Crippen molar-refractivity contribution in [3.63, 3.8) is 0 Å². The van der Waals surface area contributed by atoms with Gasteiger partial charge in [-0.1, -0.05) is 13.0 Å². The van der Waals surface area contributed by atoms with Gasteiger partial charge in [0, 0.05) is 10.6 Å². The Morgan fingerprint density at radius 3 is 3.04 bits per heavy atom. The standard InChI is InChI=1S/C18H18FN3S/c1-10-3-6-13-15(7-10)23-18-16(13)17(20-9-21-18)22-14-8-12(19)5-4-11(14)2/h4-5,8-10H,3,6-7H2,1-2H3,(H,20,21,22)/t10-/m1/s1. The van der Waals surface area contributed by atoms with Gasteiger partial charge in [0.25, 0.3) is 0 Å². The second kappa shape index (κ2) is 5.57. The van der Waals surface area contributed by atoms with Crippen molar-refractivity contribution >= 4 is 33.1 Å². The van der Waals surface area contributed by atoms with Gasteiger partial charge in [-0.25, -0.2) is 14.4 Å². The number of nitrogens with zero attached hydrogens (tertiary/aromatic N) is 2. The number of aromatic nitrogens is 2. The average Bonchev–Trinajstić information content (AvgIpc) is 2.89. The number of fused-ring (bicyclic) bond motifs is 3. The van der Waals surface area contributed by atoms with Crippen molar-refractivity contribution in [3.8, 4) is 0 Å². The Morgan fingerprint density at radius 2 is 2.17 bits per heavy atom. The molecule has 0 saturated heterocycles. The number of aryl methyl sites for hydroxylation is 2. The Bertz CT molecular complexity index is 887. The highest BCUT2D eigenvalue weighted by molar-refractivity contribution is 7.19. The molecule has 3 nitrogen and oxygen atoms in total. The molecule has 1 aliphatic rings. The fraction of sp³-hybridized carbons (Fsp3) is 0.333. The van der Waals surface area contributed by atoms with Crippen LogP contribution in [0.3, 0.4) is 0 Å². The average molecular weight is 327 g/mol. The molecule has 23 heavy (non-hydrogen) atoms. The van der Waals surface area contributed by atoms with Gasteiger partial charge in [-0.05, 0) is 55.4 Å². The van der Waals surface area contributed by atoms with Crippen LogP contribution in [0.2, 0.25) is 0 Å². The van der Waals surface area contributed by atoms with Gasteiger partial charge in [-0.3, -0.25) is 0 Å². The van der Waals surface area contributed by atoms with E-state index >= 15 is 0 Å². The van der Waals surface area contributed by atoms with E-state index in [9.17, 15) is 4.39 Å². The van der Waals surface area contributed by atoms with Crippen LogP contribution in [0.25, 0.3) is 10.2 Å². The van der Waals surface area contributed by atoms with Crippen LogP contribution in [0, 0.1) is 18.7 Å². The minimum absolute atomic E-state index is 0.246. The van der Waals surface area contributed by atoms with E-state index in [1.165, 1.54) is 29.0 Å². The smallest absolute Gasteiger partial charge is 0.142 e. The highest BCUT2D eigenvalue weighted by atomic mass is 32.1. The number of hydrogen-bond donors (Lipinski definition) is 1. The van der Waals surface area contributed by atoms with Gasteiger partial charge in [0.1, 0.15) is 22.8 Å². The van der Waals surface area contributed by atoms with Gasteiger partial charge in [0.2, 0.25) is 0 Å². The maximum Gasteiger partial charge on any atom is 0.142 e. The van der Waals surface area contributed by atoms with E-state index in [1.807, 2.05) is 6.92 Å². The van der Waals surface area contributed by atoms with Crippen LogP contribution in [0.15, 0.2) is 24.5 Å². The summed E-state index contributed by atoms with van der Waals surface area (Å²) in [5.74, 6) is 1.27. The van der Waals surface area contributed by atoms with Crippen molar-refractivity contribution in [1.82, 2.24) is 9.97 Å². The Kier molecular flexibility index (Phi) is 3.53. The molecule has 0 bridgehead atoms. The quantitative estimate of drug-likeness (QED) is 0.719. The van der Waals surface area contributed by atoms with E-state index in [2.05, 4.69) is 22.2 Å². The molecule has 1 N–H and O–H groups in total. The van der Waals surface area contributed by atoms with Gasteiger partial charge in [0.15, 0.2) is 0 Å². The molecule has 0 saturated carbocycles. The Labute approximate surface area is 138 Å². The molecule has 1 aliphatic carbocycles. The van der Waals surface area contributed by atoms with Gasteiger partial charge < -0.3 is 5.32 Å². The Hall–Kier alpha value is -2.01. The van der Waals surface area contributed by atoms with Crippen molar-refractivity contribution in [3.05, 3.63) is 46.3 Å². The monoisotopic (exact) mass is 327 g/mol. The van der Waals surface area contributed by atoms with Crippen LogP contribution < -0.4 is 5.32 Å². The highest BCUT2D eigenvalue weighted by Crippen LogP contribution is 2.40. The predicted molar refractivity (Wildman–Crippen MR) is 93.0 cm³/mol. The summed E-state index contributed by atoms with van der Waals surface area (Å²) >= 11 is 1.77. The summed E-state index contributed by atoms with van der Waals surface area (Å²) in [7, 11) is 0. The summed E-state index contributed by atoms with van der Waals surface area (Å²) in [5, 5.41) is 4.43. The first-order valence-electron chi connectivity index (χ1n) is 7.90. The van der Waals surface area contributed by atoms with E-state index in [0.717, 1.165) is 46.0 Å². The number of thiophene rings is 1. The molecule has 0 aliphatic heterocycles. The summed E-state index contributed by atoms with van der Waals surface area (Å²) in [5.41, 5.74) is 3.13. The zero-order valence-corrected chi connectivity index (χ0v) is 14.0. The van der Waals surface area contributed by atoms with Gasteiger partial charge >= 0.3 is 0 Å². The summed E-state index contributed by atoms with van der Waals surface area (Å²) in [4.78, 5) is 11.3. The third-order valence-electron chi connectivity index (χ3n) is 4.54. The summed E-state index contributed by atoms with van der Waals surface area (Å²) in [6.45, 7) is 4.26. The van der Waals surface area contributed by atoms with Crippen LogP contribution in [0.4, 0.5) is 15.9 Å². The predicted octanol–water partition coefficient (Wildman–Crippen LogP) is 5.01. The lowest BCUT2D eigenvalue weighted by atomic mass is 9.89. The van der Waals surface area contributed by atoms with Crippen molar-refractivity contribution in [2.75, 3.05) is 5.32 Å². The molecule has 2 heterocycles. The second-order valence-electron chi connectivity index (χ2n) is 6.34. The third-order valence-corrected chi connectivity index (χ3v) is 5.71. The molecule has 0 amide bonds. The first kappa shape index (κ1) is 14.6. The van der Waals surface area contributed by atoms with Crippen molar-refractivity contribution in [1.29, 1.82) is 0 Å². The van der Waals surface area contributed by atoms with Crippen LogP contribution in [-0.4, -0.2) is 9.97 Å². The molecule has 3 aromatic rings. The lowest BCUT2D eigenvalue weighted by Crippen LogP contribution is -2.09. The number of anilines is 2. The van der Waals surface area contributed by atoms with Gasteiger partial charge in [-0.15, -0.1) is 11.3 Å². The lowest BCUT2D eigenvalue weighted by molar-refractivity contribution is 0.509. The van der Waals surface area contributed by atoms with E-state index in [4.69, 9.17) is 0 Å². The molecule has 5 heteroatoms. The number of hydrogen-bond acceptors (Lipinski definition) is 4. The number of rotatable bonds is 2. The van der Waals surface area contributed by atoms with E-state index in [1.54, 1.807) is 23.7 Å². The normalized spacial score (nSPS) is 17.3. The summed E-state index contributed by atoms with van der Waals surface area (Å²) in [6, 6.07) is 4.77. The first-order chi connectivity index (χ1) is 11.1. The molecule has 1 aromatic carbocycles. The first-order valence-corrected chi connectivity index (χ1v) is 8.72. The van der Waals surface area contributed by atoms with Gasteiger partial charge in [0.05, 0.1) is 5.39 Å².